The number of thiophene rings is 1. The van der Waals surface area contributed by atoms with Crippen LogP contribution in [0.3, 0.4) is 0 Å². The number of benzene rings is 1. The molecule has 94 valence electrons. The molecule has 1 N–H and O–H groups in total. The lowest BCUT2D eigenvalue weighted by Crippen LogP contribution is -1.96. The third-order valence-corrected chi connectivity index (χ3v) is 4.47. The Bertz CT molecular complexity index is 681. The SMILES string of the molecule is CS(=O)(=O)c1ccc(-c2csc(C(=O)O)c2)cc1. The Kier molecular flexibility index (Phi) is 3.23. The van der Waals surface area contributed by atoms with Gasteiger partial charge in [-0.05, 0) is 34.7 Å². The van der Waals surface area contributed by atoms with Gasteiger partial charge in [-0.25, -0.2) is 13.2 Å². The molecule has 1 heterocycles. The van der Waals surface area contributed by atoms with Crippen molar-refractivity contribution in [2.75, 3.05) is 6.26 Å². The van der Waals surface area contributed by atoms with E-state index in [1.54, 1.807) is 23.6 Å². The Morgan fingerprint density at radius 1 is 1.17 bits per heavy atom. The molecule has 0 atom stereocenters. The van der Waals surface area contributed by atoms with Crippen LogP contribution in [0.1, 0.15) is 9.67 Å². The summed E-state index contributed by atoms with van der Waals surface area (Å²) in [6, 6.07) is 7.95. The Balaban J connectivity index is 2.37. The number of carboxylic acids is 1. The summed E-state index contributed by atoms with van der Waals surface area (Å²) < 4.78 is 22.6. The first-order valence-corrected chi connectivity index (χ1v) is 7.77. The summed E-state index contributed by atoms with van der Waals surface area (Å²) in [5, 5.41) is 10.6. The average molecular weight is 282 g/mol. The van der Waals surface area contributed by atoms with Gasteiger partial charge in [0.1, 0.15) is 4.88 Å². The minimum Gasteiger partial charge on any atom is -0.477 e. The average Bonchev–Trinajstić information content (AvgIpc) is 2.77. The first-order valence-electron chi connectivity index (χ1n) is 5.00. The van der Waals surface area contributed by atoms with E-state index in [4.69, 9.17) is 5.11 Å². The number of hydrogen-bond acceptors (Lipinski definition) is 4. The lowest BCUT2D eigenvalue weighted by molar-refractivity contribution is 0.0702. The zero-order valence-corrected chi connectivity index (χ0v) is 11.1. The fourth-order valence-corrected chi connectivity index (χ4v) is 2.88. The normalized spacial score (nSPS) is 11.4. The van der Waals surface area contributed by atoms with Gasteiger partial charge in [-0.3, -0.25) is 0 Å². The molecular weight excluding hydrogens is 272 g/mol. The third-order valence-electron chi connectivity index (χ3n) is 2.43. The van der Waals surface area contributed by atoms with Gasteiger partial charge in [-0.15, -0.1) is 11.3 Å². The second-order valence-corrected chi connectivity index (χ2v) is 6.73. The number of aromatic carboxylic acids is 1. The van der Waals surface area contributed by atoms with Crippen molar-refractivity contribution in [2.45, 2.75) is 4.90 Å². The lowest BCUT2D eigenvalue weighted by Gasteiger charge is -2.00. The van der Waals surface area contributed by atoms with Gasteiger partial charge in [0, 0.05) is 6.26 Å². The maximum atomic E-state index is 11.3. The molecule has 4 nitrogen and oxygen atoms in total. The van der Waals surface area contributed by atoms with Gasteiger partial charge < -0.3 is 5.11 Å². The van der Waals surface area contributed by atoms with E-state index in [0.717, 1.165) is 28.7 Å². The fourth-order valence-electron chi connectivity index (χ4n) is 1.49. The molecule has 1 aromatic heterocycles. The second-order valence-electron chi connectivity index (χ2n) is 3.80. The zero-order chi connectivity index (χ0) is 13.3. The van der Waals surface area contributed by atoms with Crippen molar-refractivity contribution >= 4 is 27.1 Å². The molecule has 0 aliphatic carbocycles. The number of rotatable bonds is 3. The topological polar surface area (TPSA) is 71.4 Å². The van der Waals surface area contributed by atoms with Gasteiger partial charge in [-0.1, -0.05) is 12.1 Å². The molecule has 0 saturated carbocycles. The second kappa shape index (κ2) is 4.55. The van der Waals surface area contributed by atoms with Gasteiger partial charge in [0.2, 0.25) is 0 Å². The molecule has 0 radical (unpaired) electrons. The van der Waals surface area contributed by atoms with Crippen LogP contribution in [0, 0.1) is 0 Å². The molecule has 0 spiro atoms. The minimum absolute atomic E-state index is 0.250. The quantitative estimate of drug-likeness (QED) is 0.939. The molecule has 0 bridgehead atoms. The van der Waals surface area contributed by atoms with Crippen molar-refractivity contribution < 1.29 is 18.3 Å². The molecular formula is C12H10O4S2. The predicted octanol–water partition coefficient (Wildman–Crippen LogP) is 2.52. The summed E-state index contributed by atoms with van der Waals surface area (Å²) in [5.41, 5.74) is 1.57. The van der Waals surface area contributed by atoms with Crippen molar-refractivity contribution in [3.63, 3.8) is 0 Å². The van der Waals surface area contributed by atoms with E-state index in [9.17, 15) is 13.2 Å². The zero-order valence-electron chi connectivity index (χ0n) is 9.45. The van der Waals surface area contributed by atoms with E-state index in [1.807, 2.05) is 0 Å². The van der Waals surface area contributed by atoms with Crippen LogP contribution in [0.15, 0.2) is 40.6 Å². The summed E-state index contributed by atoms with van der Waals surface area (Å²) in [5.74, 6) is -0.959. The third kappa shape index (κ3) is 2.60. The Morgan fingerprint density at radius 3 is 2.22 bits per heavy atom. The molecule has 0 unspecified atom stereocenters. The van der Waals surface area contributed by atoms with Crippen LogP contribution in [-0.2, 0) is 9.84 Å². The summed E-state index contributed by atoms with van der Waals surface area (Å²) in [4.78, 5) is 11.3. The van der Waals surface area contributed by atoms with E-state index >= 15 is 0 Å². The van der Waals surface area contributed by atoms with Gasteiger partial charge >= 0.3 is 5.97 Å². The van der Waals surface area contributed by atoms with E-state index in [-0.39, 0.29) is 9.77 Å². The van der Waals surface area contributed by atoms with Crippen LogP contribution in [0.2, 0.25) is 0 Å². The van der Waals surface area contributed by atoms with E-state index in [0.29, 0.717) is 0 Å². The van der Waals surface area contributed by atoms with E-state index < -0.39 is 15.8 Å². The van der Waals surface area contributed by atoms with Crippen molar-refractivity contribution in [3.05, 3.63) is 40.6 Å². The fraction of sp³-hybridized carbons (Fsp3) is 0.0833. The maximum absolute atomic E-state index is 11.3. The van der Waals surface area contributed by atoms with E-state index in [2.05, 4.69) is 0 Å². The number of sulfone groups is 1. The van der Waals surface area contributed by atoms with Gasteiger partial charge in [0.05, 0.1) is 4.90 Å². The molecule has 0 aliphatic heterocycles. The largest absolute Gasteiger partial charge is 0.477 e. The first-order chi connectivity index (χ1) is 8.38. The first kappa shape index (κ1) is 12.8. The highest BCUT2D eigenvalue weighted by atomic mass is 32.2. The molecule has 2 rings (SSSR count). The lowest BCUT2D eigenvalue weighted by atomic mass is 10.1. The molecule has 0 amide bonds. The van der Waals surface area contributed by atoms with Gasteiger partial charge in [0.15, 0.2) is 9.84 Å². The molecule has 0 saturated heterocycles. The Hall–Kier alpha value is -1.66. The molecule has 0 fully saturated rings. The van der Waals surface area contributed by atoms with Crippen molar-refractivity contribution in [3.8, 4) is 11.1 Å². The van der Waals surface area contributed by atoms with E-state index in [1.165, 1.54) is 12.1 Å². The van der Waals surface area contributed by atoms with Crippen LogP contribution >= 0.6 is 11.3 Å². The van der Waals surface area contributed by atoms with Crippen molar-refractivity contribution in [1.29, 1.82) is 0 Å². The molecule has 6 heteroatoms. The number of carboxylic acid groups (broad SMARTS) is 1. The molecule has 0 aliphatic rings. The van der Waals surface area contributed by atoms with Gasteiger partial charge in [0.25, 0.3) is 0 Å². The predicted molar refractivity (Wildman–Crippen MR) is 69.8 cm³/mol. The highest BCUT2D eigenvalue weighted by molar-refractivity contribution is 7.90. The Labute approximate surface area is 108 Å². The number of hydrogen-bond donors (Lipinski definition) is 1. The van der Waals surface area contributed by atoms with Gasteiger partial charge in [-0.2, -0.15) is 0 Å². The van der Waals surface area contributed by atoms with Crippen LogP contribution in [0.4, 0.5) is 0 Å². The Morgan fingerprint density at radius 2 is 1.78 bits per heavy atom. The minimum atomic E-state index is -3.20. The maximum Gasteiger partial charge on any atom is 0.345 e. The van der Waals surface area contributed by atoms with Crippen LogP contribution in [-0.4, -0.2) is 25.7 Å². The van der Waals surface area contributed by atoms with Crippen LogP contribution < -0.4 is 0 Å². The monoisotopic (exact) mass is 282 g/mol. The number of carbonyl (C=O) groups is 1. The molecule has 18 heavy (non-hydrogen) atoms. The van der Waals surface area contributed by atoms with Crippen LogP contribution in [0.25, 0.3) is 11.1 Å². The highest BCUT2D eigenvalue weighted by Gasteiger charge is 2.10. The molecule has 1 aromatic carbocycles. The summed E-state index contributed by atoms with van der Waals surface area (Å²) in [6.07, 6.45) is 1.15. The summed E-state index contributed by atoms with van der Waals surface area (Å²) in [7, 11) is -3.20. The van der Waals surface area contributed by atoms with Crippen molar-refractivity contribution in [1.82, 2.24) is 0 Å². The smallest absolute Gasteiger partial charge is 0.345 e. The summed E-state index contributed by atoms with van der Waals surface area (Å²) in [6.45, 7) is 0. The standard InChI is InChI=1S/C12H10O4S2/c1-18(15,16)10-4-2-8(3-5-10)9-6-11(12(13)14)17-7-9/h2-7H,1H3,(H,13,14). The van der Waals surface area contributed by atoms with Crippen molar-refractivity contribution in [2.24, 2.45) is 0 Å². The van der Waals surface area contributed by atoms with Crippen LogP contribution in [0.5, 0.6) is 0 Å². The summed E-state index contributed by atoms with van der Waals surface area (Å²) >= 11 is 1.14. The molecule has 2 aromatic rings. The highest BCUT2D eigenvalue weighted by Crippen LogP contribution is 2.26.